The van der Waals surface area contributed by atoms with E-state index in [-0.39, 0.29) is 0 Å². The molecule has 3 aromatic rings. The van der Waals surface area contributed by atoms with E-state index in [2.05, 4.69) is 45.2 Å². The summed E-state index contributed by atoms with van der Waals surface area (Å²) in [6.45, 7) is 0. The Kier molecular flexibility index (Phi) is 6.12. The van der Waals surface area contributed by atoms with Crippen molar-refractivity contribution in [2.75, 3.05) is 0 Å². The number of hydrogen-bond acceptors (Lipinski definition) is 2. The van der Waals surface area contributed by atoms with Gasteiger partial charge in [-0.3, -0.25) is 4.79 Å². The molecular weight excluding hydrogens is 392 g/mol. The molecule has 1 unspecified atom stereocenters. The minimum absolute atomic E-state index is 0.333. The van der Waals surface area contributed by atoms with E-state index < -0.39 is 12.0 Å². The Morgan fingerprint density at radius 3 is 2.58 bits per heavy atom. The average molecular weight is 415 g/mol. The first-order valence-corrected chi connectivity index (χ1v) is 9.65. The zero-order valence-electron chi connectivity index (χ0n) is 14.5. The van der Waals surface area contributed by atoms with Crippen molar-refractivity contribution in [2.45, 2.75) is 38.1 Å². The van der Waals surface area contributed by atoms with Gasteiger partial charge in [0.15, 0.2) is 0 Å². The average Bonchev–Trinajstić information content (AvgIpc) is 2.96. The summed E-state index contributed by atoms with van der Waals surface area (Å²) < 4.78 is 0.977. The molecule has 1 atom stereocenters. The van der Waals surface area contributed by atoms with Crippen LogP contribution in [0.3, 0.4) is 0 Å². The van der Waals surface area contributed by atoms with Crippen LogP contribution in [0.4, 0.5) is 0 Å². The number of nitrogens with one attached hydrogen (secondary N) is 1. The van der Waals surface area contributed by atoms with Gasteiger partial charge >= 0.3 is 5.97 Å². The predicted octanol–water partition coefficient (Wildman–Crippen LogP) is 4.45. The fourth-order valence-electron chi connectivity index (χ4n) is 3.31. The summed E-state index contributed by atoms with van der Waals surface area (Å²) >= 11 is 3.50. The van der Waals surface area contributed by atoms with Crippen LogP contribution < -0.4 is 5.73 Å². The lowest BCUT2D eigenvalue weighted by atomic mass is 9.99. The number of H-pyrrole nitrogens is 1. The van der Waals surface area contributed by atoms with Crippen LogP contribution in [-0.2, 0) is 24.1 Å². The first-order valence-electron chi connectivity index (χ1n) is 8.86. The SMILES string of the molecule is NC(Cc1c(CCCCc2ccccc2)[nH]c2ccc(Br)cc12)C(=O)O. The van der Waals surface area contributed by atoms with Gasteiger partial charge in [-0.1, -0.05) is 46.3 Å². The van der Waals surface area contributed by atoms with Gasteiger partial charge in [0, 0.05) is 27.5 Å². The van der Waals surface area contributed by atoms with Gasteiger partial charge in [0.05, 0.1) is 0 Å². The molecule has 1 aromatic heterocycles. The normalized spacial score (nSPS) is 12.4. The van der Waals surface area contributed by atoms with Gasteiger partial charge in [0.25, 0.3) is 0 Å². The van der Waals surface area contributed by atoms with E-state index >= 15 is 0 Å². The smallest absolute Gasteiger partial charge is 0.320 e. The predicted molar refractivity (Wildman–Crippen MR) is 108 cm³/mol. The second-order valence-corrected chi connectivity index (χ2v) is 7.53. The van der Waals surface area contributed by atoms with Crippen molar-refractivity contribution in [2.24, 2.45) is 5.73 Å². The molecule has 0 fully saturated rings. The molecule has 4 nitrogen and oxygen atoms in total. The molecule has 2 aromatic carbocycles. The van der Waals surface area contributed by atoms with Crippen LogP contribution in [0.1, 0.15) is 29.7 Å². The zero-order chi connectivity index (χ0) is 18.5. The van der Waals surface area contributed by atoms with Crippen molar-refractivity contribution in [3.8, 4) is 0 Å². The second-order valence-electron chi connectivity index (χ2n) is 6.61. The number of aromatic nitrogens is 1. The zero-order valence-corrected chi connectivity index (χ0v) is 16.1. The fraction of sp³-hybridized carbons (Fsp3) is 0.286. The minimum atomic E-state index is -0.968. The summed E-state index contributed by atoms with van der Waals surface area (Å²) in [5.41, 5.74) is 10.3. The van der Waals surface area contributed by atoms with E-state index in [4.69, 9.17) is 5.73 Å². The number of halogens is 1. The summed E-state index contributed by atoms with van der Waals surface area (Å²) in [5, 5.41) is 10.2. The Balaban J connectivity index is 1.74. The highest BCUT2D eigenvalue weighted by Gasteiger charge is 2.18. The lowest BCUT2D eigenvalue weighted by molar-refractivity contribution is -0.138. The monoisotopic (exact) mass is 414 g/mol. The van der Waals surface area contributed by atoms with Crippen molar-refractivity contribution in [1.29, 1.82) is 0 Å². The molecule has 0 spiro atoms. The molecule has 0 aliphatic carbocycles. The summed E-state index contributed by atoms with van der Waals surface area (Å²) in [5.74, 6) is -0.968. The summed E-state index contributed by atoms with van der Waals surface area (Å²) in [6, 6.07) is 15.6. The lowest BCUT2D eigenvalue weighted by Gasteiger charge is -2.09. The van der Waals surface area contributed by atoms with Crippen LogP contribution >= 0.6 is 15.9 Å². The van der Waals surface area contributed by atoms with Crippen LogP contribution in [0.25, 0.3) is 10.9 Å². The third-order valence-electron chi connectivity index (χ3n) is 4.68. The van der Waals surface area contributed by atoms with E-state index in [9.17, 15) is 9.90 Å². The molecule has 0 bridgehead atoms. The number of nitrogens with two attached hydrogens (primary N) is 1. The van der Waals surface area contributed by atoms with E-state index in [0.29, 0.717) is 6.42 Å². The topological polar surface area (TPSA) is 79.1 Å². The van der Waals surface area contributed by atoms with Gasteiger partial charge in [0.2, 0.25) is 0 Å². The number of benzene rings is 2. The maximum Gasteiger partial charge on any atom is 0.320 e. The quantitative estimate of drug-likeness (QED) is 0.476. The number of rotatable bonds is 8. The number of aryl methyl sites for hydroxylation is 2. The van der Waals surface area contributed by atoms with Crippen LogP contribution in [0.2, 0.25) is 0 Å². The molecule has 0 saturated heterocycles. The molecular formula is C21H23BrN2O2. The maximum atomic E-state index is 11.2. The summed E-state index contributed by atoms with van der Waals surface area (Å²) in [7, 11) is 0. The van der Waals surface area contributed by atoms with Gasteiger partial charge in [-0.05, 0) is 55.0 Å². The van der Waals surface area contributed by atoms with Crippen molar-refractivity contribution < 1.29 is 9.90 Å². The van der Waals surface area contributed by atoms with E-state index in [1.807, 2.05) is 24.3 Å². The number of hydrogen-bond donors (Lipinski definition) is 3. The molecule has 26 heavy (non-hydrogen) atoms. The summed E-state index contributed by atoms with van der Waals surface area (Å²) in [6.07, 6.45) is 4.41. The Labute approximate surface area is 161 Å². The van der Waals surface area contributed by atoms with Crippen LogP contribution in [0, 0.1) is 0 Å². The molecule has 0 amide bonds. The third kappa shape index (κ3) is 4.54. The van der Waals surface area contributed by atoms with E-state index in [1.54, 1.807) is 0 Å². The standard InChI is InChI=1S/C21H23BrN2O2/c22-15-10-11-20-16(12-15)17(13-18(23)21(25)26)19(24-20)9-5-4-8-14-6-2-1-3-7-14/h1-3,6-7,10-12,18,24H,4-5,8-9,13,23H2,(H,25,26). The number of carboxylic acid groups (broad SMARTS) is 1. The van der Waals surface area contributed by atoms with Gasteiger partial charge in [0.1, 0.15) is 6.04 Å². The molecule has 3 rings (SSSR count). The first kappa shape index (κ1) is 18.7. The molecule has 4 N–H and O–H groups in total. The Hall–Kier alpha value is -2.11. The molecule has 0 radical (unpaired) electrons. The van der Waals surface area contributed by atoms with Crippen molar-refractivity contribution in [1.82, 2.24) is 4.98 Å². The van der Waals surface area contributed by atoms with E-state index in [1.165, 1.54) is 5.56 Å². The second kappa shape index (κ2) is 8.52. The van der Waals surface area contributed by atoms with Crippen molar-refractivity contribution in [3.05, 3.63) is 69.8 Å². The number of aromatic amines is 1. The Bertz CT molecular complexity index is 890. The van der Waals surface area contributed by atoms with Gasteiger partial charge in [-0.2, -0.15) is 0 Å². The molecule has 1 heterocycles. The molecule has 0 aliphatic rings. The van der Waals surface area contributed by atoms with Crippen LogP contribution in [0.15, 0.2) is 53.0 Å². The van der Waals surface area contributed by atoms with Gasteiger partial charge < -0.3 is 15.8 Å². The highest BCUT2D eigenvalue weighted by Crippen LogP contribution is 2.28. The minimum Gasteiger partial charge on any atom is -0.480 e. The van der Waals surface area contributed by atoms with Crippen LogP contribution in [0.5, 0.6) is 0 Å². The largest absolute Gasteiger partial charge is 0.480 e. The number of fused-ring (bicyclic) bond motifs is 1. The first-order chi connectivity index (χ1) is 12.5. The third-order valence-corrected chi connectivity index (χ3v) is 5.18. The van der Waals surface area contributed by atoms with Crippen molar-refractivity contribution in [3.63, 3.8) is 0 Å². The number of unbranched alkanes of at least 4 members (excludes halogenated alkanes) is 1. The van der Waals surface area contributed by atoms with E-state index in [0.717, 1.165) is 52.3 Å². The molecule has 0 saturated carbocycles. The highest BCUT2D eigenvalue weighted by atomic mass is 79.9. The number of carbonyl (C=O) groups is 1. The number of aliphatic carboxylic acids is 1. The van der Waals surface area contributed by atoms with Gasteiger partial charge in [-0.25, -0.2) is 0 Å². The fourth-order valence-corrected chi connectivity index (χ4v) is 3.67. The lowest BCUT2D eigenvalue weighted by Crippen LogP contribution is -2.32. The van der Waals surface area contributed by atoms with Crippen molar-refractivity contribution >= 4 is 32.8 Å². The highest BCUT2D eigenvalue weighted by molar-refractivity contribution is 9.10. The molecule has 0 aliphatic heterocycles. The van der Waals surface area contributed by atoms with Gasteiger partial charge in [-0.15, -0.1) is 0 Å². The Morgan fingerprint density at radius 1 is 1.12 bits per heavy atom. The molecule has 5 heteroatoms. The number of carboxylic acids is 1. The van der Waals surface area contributed by atoms with Crippen LogP contribution in [-0.4, -0.2) is 22.1 Å². The summed E-state index contributed by atoms with van der Waals surface area (Å²) in [4.78, 5) is 14.7. The maximum absolute atomic E-state index is 11.2. The molecule has 136 valence electrons. The Morgan fingerprint density at radius 2 is 1.85 bits per heavy atom.